The zero-order valence-corrected chi connectivity index (χ0v) is 11.8. The normalized spacial score (nSPS) is 10.5. The molecule has 108 valence electrons. The van der Waals surface area contributed by atoms with Crippen molar-refractivity contribution in [2.45, 2.75) is 13.3 Å². The summed E-state index contributed by atoms with van der Waals surface area (Å²) in [4.78, 5) is 15.5. The van der Waals surface area contributed by atoms with E-state index in [4.69, 9.17) is 4.74 Å². The SMILES string of the molecule is CCc1ccccc1OCC(=O)N/N=C/c1ccncc1. The summed E-state index contributed by atoms with van der Waals surface area (Å²) in [6.45, 7) is 1.98. The Bertz CT molecular complexity index is 612. The first kappa shape index (κ1) is 14.7. The first-order valence-corrected chi connectivity index (χ1v) is 6.72. The van der Waals surface area contributed by atoms with E-state index in [0.29, 0.717) is 0 Å². The molecule has 2 rings (SSSR count). The Morgan fingerprint density at radius 3 is 2.81 bits per heavy atom. The fourth-order valence-corrected chi connectivity index (χ4v) is 1.74. The van der Waals surface area contributed by atoms with Gasteiger partial charge in [0, 0.05) is 12.4 Å². The van der Waals surface area contributed by atoms with Crippen molar-refractivity contribution in [3.8, 4) is 5.75 Å². The highest BCUT2D eigenvalue weighted by atomic mass is 16.5. The summed E-state index contributed by atoms with van der Waals surface area (Å²) < 4.78 is 5.50. The lowest BCUT2D eigenvalue weighted by molar-refractivity contribution is -0.123. The van der Waals surface area contributed by atoms with Crippen LogP contribution in [-0.2, 0) is 11.2 Å². The standard InChI is InChI=1S/C16H17N3O2/c1-2-14-5-3-4-6-15(14)21-12-16(20)19-18-11-13-7-9-17-10-8-13/h3-11H,2,12H2,1H3,(H,19,20)/b18-11+. The summed E-state index contributed by atoms with van der Waals surface area (Å²) in [7, 11) is 0. The van der Waals surface area contributed by atoms with Crippen molar-refractivity contribution in [3.63, 3.8) is 0 Å². The van der Waals surface area contributed by atoms with Gasteiger partial charge in [-0.15, -0.1) is 0 Å². The number of aromatic nitrogens is 1. The van der Waals surface area contributed by atoms with E-state index in [-0.39, 0.29) is 12.5 Å². The second-order valence-electron chi connectivity index (χ2n) is 4.32. The topological polar surface area (TPSA) is 63.6 Å². The maximum absolute atomic E-state index is 11.6. The monoisotopic (exact) mass is 283 g/mol. The first-order chi connectivity index (χ1) is 10.3. The van der Waals surface area contributed by atoms with Gasteiger partial charge in [-0.25, -0.2) is 5.43 Å². The molecule has 21 heavy (non-hydrogen) atoms. The van der Waals surface area contributed by atoms with Crippen molar-refractivity contribution in [2.75, 3.05) is 6.61 Å². The number of amides is 1. The average Bonchev–Trinajstić information content (AvgIpc) is 2.54. The highest BCUT2D eigenvalue weighted by Crippen LogP contribution is 2.17. The molecule has 0 aliphatic rings. The molecule has 0 bridgehead atoms. The number of hydrogen-bond donors (Lipinski definition) is 1. The summed E-state index contributed by atoms with van der Waals surface area (Å²) in [6.07, 6.45) is 5.74. The second kappa shape index (κ2) is 7.79. The fourth-order valence-electron chi connectivity index (χ4n) is 1.74. The molecule has 0 spiro atoms. The van der Waals surface area contributed by atoms with Crippen molar-refractivity contribution in [3.05, 3.63) is 59.9 Å². The molecule has 0 atom stereocenters. The molecule has 0 saturated carbocycles. The molecule has 5 nitrogen and oxygen atoms in total. The van der Waals surface area contributed by atoms with Gasteiger partial charge in [-0.2, -0.15) is 5.10 Å². The molecule has 1 aromatic carbocycles. The first-order valence-electron chi connectivity index (χ1n) is 6.72. The Hall–Kier alpha value is -2.69. The van der Waals surface area contributed by atoms with E-state index < -0.39 is 0 Å². The van der Waals surface area contributed by atoms with Crippen molar-refractivity contribution in [2.24, 2.45) is 5.10 Å². The molecular formula is C16H17N3O2. The number of hydrogen-bond acceptors (Lipinski definition) is 4. The average molecular weight is 283 g/mol. The maximum atomic E-state index is 11.6. The summed E-state index contributed by atoms with van der Waals surface area (Å²) in [5, 5.41) is 3.86. The highest BCUT2D eigenvalue weighted by molar-refractivity contribution is 5.82. The molecule has 0 aliphatic heterocycles. The minimum atomic E-state index is -0.300. The lowest BCUT2D eigenvalue weighted by Gasteiger charge is -2.08. The number of para-hydroxylation sites is 1. The molecule has 1 heterocycles. The number of ether oxygens (including phenoxy) is 1. The molecule has 2 aromatic rings. The number of carbonyl (C=O) groups excluding carboxylic acids is 1. The summed E-state index contributed by atoms with van der Waals surface area (Å²) in [5.74, 6) is 0.430. The Balaban J connectivity index is 1.81. The zero-order valence-electron chi connectivity index (χ0n) is 11.8. The second-order valence-corrected chi connectivity index (χ2v) is 4.32. The van der Waals surface area contributed by atoms with E-state index in [9.17, 15) is 4.79 Å². The number of hydrazone groups is 1. The van der Waals surface area contributed by atoms with Gasteiger partial charge in [0.2, 0.25) is 0 Å². The number of nitrogens with one attached hydrogen (secondary N) is 1. The molecule has 0 aliphatic carbocycles. The molecule has 0 saturated heterocycles. The number of aryl methyl sites for hydroxylation is 1. The van der Waals surface area contributed by atoms with Gasteiger partial charge in [0.15, 0.2) is 6.61 Å². The number of nitrogens with zero attached hydrogens (tertiary/aromatic N) is 2. The third-order valence-corrected chi connectivity index (χ3v) is 2.82. The molecule has 1 N–H and O–H groups in total. The van der Waals surface area contributed by atoms with Crippen LogP contribution in [0.3, 0.4) is 0 Å². The molecule has 1 amide bonds. The van der Waals surface area contributed by atoms with Crippen molar-refractivity contribution in [1.82, 2.24) is 10.4 Å². The molecular weight excluding hydrogens is 266 g/mol. The van der Waals surface area contributed by atoms with Gasteiger partial charge in [-0.3, -0.25) is 9.78 Å². The Kier molecular flexibility index (Phi) is 5.46. The largest absolute Gasteiger partial charge is 0.483 e. The van der Waals surface area contributed by atoms with Gasteiger partial charge >= 0.3 is 0 Å². The van der Waals surface area contributed by atoms with E-state index in [1.54, 1.807) is 30.7 Å². The van der Waals surface area contributed by atoms with E-state index in [1.165, 1.54) is 0 Å². The number of pyridine rings is 1. The van der Waals surface area contributed by atoms with Crippen LogP contribution >= 0.6 is 0 Å². The quantitative estimate of drug-likeness (QED) is 0.653. The van der Waals surface area contributed by atoms with Gasteiger partial charge in [-0.1, -0.05) is 25.1 Å². The lowest BCUT2D eigenvalue weighted by Crippen LogP contribution is -2.24. The third-order valence-electron chi connectivity index (χ3n) is 2.82. The fraction of sp³-hybridized carbons (Fsp3) is 0.188. The zero-order chi connectivity index (χ0) is 14.9. The third kappa shape index (κ3) is 4.72. The summed E-state index contributed by atoms with van der Waals surface area (Å²) in [6, 6.07) is 11.3. The van der Waals surface area contributed by atoms with Gasteiger partial charge in [0.1, 0.15) is 5.75 Å². The van der Waals surface area contributed by atoms with Crippen LogP contribution in [0.5, 0.6) is 5.75 Å². The van der Waals surface area contributed by atoms with Crippen molar-refractivity contribution >= 4 is 12.1 Å². The molecule has 0 radical (unpaired) electrons. The van der Waals surface area contributed by atoms with Gasteiger partial charge < -0.3 is 4.74 Å². The molecule has 0 unspecified atom stereocenters. The number of benzene rings is 1. The molecule has 5 heteroatoms. The lowest BCUT2D eigenvalue weighted by atomic mass is 10.1. The van der Waals surface area contributed by atoms with E-state index in [1.807, 2.05) is 31.2 Å². The Morgan fingerprint density at radius 2 is 2.05 bits per heavy atom. The minimum Gasteiger partial charge on any atom is -0.483 e. The van der Waals surface area contributed by atoms with E-state index in [2.05, 4.69) is 15.5 Å². The van der Waals surface area contributed by atoms with Crippen LogP contribution in [0, 0.1) is 0 Å². The molecule has 1 aromatic heterocycles. The predicted octanol–water partition coefficient (Wildman–Crippen LogP) is 2.17. The van der Waals surface area contributed by atoms with Crippen LogP contribution < -0.4 is 10.2 Å². The summed E-state index contributed by atoms with van der Waals surface area (Å²) in [5.41, 5.74) is 4.36. The molecule has 0 fully saturated rings. The number of carbonyl (C=O) groups is 1. The van der Waals surface area contributed by atoms with Crippen LogP contribution in [0.1, 0.15) is 18.1 Å². The van der Waals surface area contributed by atoms with Crippen LogP contribution in [0.4, 0.5) is 0 Å². The summed E-state index contributed by atoms with van der Waals surface area (Å²) >= 11 is 0. The smallest absolute Gasteiger partial charge is 0.277 e. The van der Waals surface area contributed by atoms with E-state index >= 15 is 0 Å². The van der Waals surface area contributed by atoms with Gasteiger partial charge in [-0.05, 0) is 35.7 Å². The van der Waals surface area contributed by atoms with Crippen LogP contribution in [0.2, 0.25) is 0 Å². The Morgan fingerprint density at radius 1 is 1.29 bits per heavy atom. The van der Waals surface area contributed by atoms with Crippen LogP contribution in [0.15, 0.2) is 53.9 Å². The van der Waals surface area contributed by atoms with Crippen LogP contribution in [-0.4, -0.2) is 23.7 Å². The predicted molar refractivity (Wildman–Crippen MR) is 81.3 cm³/mol. The van der Waals surface area contributed by atoms with Crippen LogP contribution in [0.25, 0.3) is 0 Å². The van der Waals surface area contributed by atoms with Gasteiger partial charge in [0.05, 0.1) is 6.21 Å². The number of rotatable bonds is 6. The van der Waals surface area contributed by atoms with E-state index in [0.717, 1.165) is 23.3 Å². The van der Waals surface area contributed by atoms with Gasteiger partial charge in [0.25, 0.3) is 5.91 Å². The van der Waals surface area contributed by atoms with Crippen molar-refractivity contribution in [1.29, 1.82) is 0 Å². The maximum Gasteiger partial charge on any atom is 0.277 e. The Labute approximate surface area is 123 Å². The highest BCUT2D eigenvalue weighted by Gasteiger charge is 2.04. The van der Waals surface area contributed by atoms with Crippen molar-refractivity contribution < 1.29 is 9.53 Å². The minimum absolute atomic E-state index is 0.0648.